The molecule has 16 rings (SSSR count). The van der Waals surface area contributed by atoms with Gasteiger partial charge in [0.05, 0.1) is 111 Å². The molecule has 0 aliphatic rings. The molecule has 6 N–H and O–H groups in total. The van der Waals surface area contributed by atoms with Crippen LogP contribution in [-0.2, 0) is 94.3 Å². The number of halogens is 2. The fourth-order valence-electron chi connectivity index (χ4n) is 14.4. The van der Waals surface area contributed by atoms with Crippen molar-refractivity contribution in [1.29, 1.82) is 0 Å². The van der Waals surface area contributed by atoms with E-state index in [0.717, 1.165) is 108 Å². The van der Waals surface area contributed by atoms with Gasteiger partial charge >= 0.3 is 47.8 Å². The molecule has 16 aromatic rings. The fourth-order valence-corrected chi connectivity index (χ4v) is 22.3. The number of Topliss-reactive ketones (excluding diaryl/α,β-unsaturated/α-hetero) is 2. The smallest absolute Gasteiger partial charge is 0.345 e. The molecule has 0 saturated carbocycles. The van der Waals surface area contributed by atoms with Crippen molar-refractivity contribution in [3.8, 4) is 90.7 Å². The van der Waals surface area contributed by atoms with Gasteiger partial charge in [0, 0.05) is 63.1 Å². The van der Waals surface area contributed by atoms with E-state index >= 15 is 0 Å². The highest BCUT2D eigenvalue weighted by Crippen LogP contribution is 2.43. The van der Waals surface area contributed by atoms with Crippen LogP contribution >= 0.6 is 103 Å². The highest BCUT2D eigenvalue weighted by Gasteiger charge is 2.27. The lowest BCUT2D eigenvalue weighted by molar-refractivity contribution is -0.143. The number of carboxylic acids is 5. The van der Waals surface area contributed by atoms with Crippen molar-refractivity contribution in [2.45, 2.75) is 72.1 Å². The Morgan fingerprint density at radius 1 is 0.295 bits per heavy atom. The lowest BCUT2D eigenvalue weighted by Gasteiger charge is -2.05. The predicted octanol–water partition coefficient (Wildman–Crippen LogP) is 25.5. The number of ether oxygens (including phenoxy) is 7. The monoisotopic (exact) mass is 2130 g/mol. The van der Waals surface area contributed by atoms with E-state index in [1.807, 2.05) is 169 Å². The maximum Gasteiger partial charge on any atom is 0.345 e. The summed E-state index contributed by atoms with van der Waals surface area (Å²) in [6.45, 7) is 6.19. The van der Waals surface area contributed by atoms with E-state index in [-0.39, 0.29) is 107 Å². The van der Waals surface area contributed by atoms with Gasteiger partial charge in [-0.3, -0.25) is 47.9 Å². The summed E-state index contributed by atoms with van der Waals surface area (Å²) in [6.07, 6.45) is 0.461. The molecule has 0 fully saturated rings. The zero-order valence-corrected chi connectivity index (χ0v) is 86.7. The van der Waals surface area contributed by atoms with Crippen LogP contribution < -0.4 is 18.9 Å². The van der Waals surface area contributed by atoms with Gasteiger partial charge in [-0.25, -0.2) is 9.59 Å². The van der Waals surface area contributed by atoms with Crippen LogP contribution in [0.4, 0.5) is 0 Å². The minimum atomic E-state index is -1.03. The van der Waals surface area contributed by atoms with Crippen molar-refractivity contribution in [3.63, 3.8) is 0 Å². The molecule has 0 aliphatic carbocycles. The number of rotatable bonds is 37. The number of hydrogen-bond acceptors (Lipinski definition) is 27. The molecule has 9 aromatic carbocycles. The molecule has 0 bridgehead atoms. The van der Waals surface area contributed by atoms with Crippen LogP contribution in [0.1, 0.15) is 134 Å². The first-order chi connectivity index (χ1) is 70.2. The largest absolute Gasteiger partial charge is 0.508 e. The van der Waals surface area contributed by atoms with E-state index in [9.17, 15) is 67.7 Å². The van der Waals surface area contributed by atoms with Crippen molar-refractivity contribution < 1.29 is 121 Å². The Morgan fingerprint density at radius 2 is 0.603 bits per heavy atom. The van der Waals surface area contributed by atoms with Gasteiger partial charge in [0.2, 0.25) is 11.6 Å². The number of phenols is 1. The molecular formula is C112H96Cl2O25S7. The van der Waals surface area contributed by atoms with Crippen molar-refractivity contribution in [3.05, 3.63) is 379 Å². The Bertz CT molecular complexity index is 7210. The lowest BCUT2D eigenvalue weighted by Crippen LogP contribution is -2.07. The number of carboxylic acid groups (broad SMARTS) is 5. The summed E-state index contributed by atoms with van der Waals surface area (Å²) in [6, 6.07) is 82.5. The van der Waals surface area contributed by atoms with Crippen LogP contribution in [-0.4, -0.2) is 150 Å². The molecule has 0 unspecified atom stereocenters. The van der Waals surface area contributed by atoms with Crippen molar-refractivity contribution in [2.75, 3.05) is 48.3 Å². The highest BCUT2D eigenvalue weighted by molar-refractivity contribution is 7.23. The van der Waals surface area contributed by atoms with Gasteiger partial charge in [0.1, 0.15) is 38.5 Å². The zero-order chi connectivity index (χ0) is 105. The molecule has 0 aliphatic heterocycles. The van der Waals surface area contributed by atoms with Gasteiger partial charge < -0.3 is 63.8 Å². The Morgan fingerprint density at radius 3 is 0.945 bits per heavy atom. The number of aliphatic carboxylic acids is 3. The maximum atomic E-state index is 13.0. The van der Waals surface area contributed by atoms with Crippen LogP contribution in [0.2, 0.25) is 10.0 Å². The van der Waals surface area contributed by atoms with Gasteiger partial charge in [-0.15, -0.1) is 79.4 Å². The number of phenolic OH excluding ortho intramolecular Hbond substituents is 1. The molecule has 7 heterocycles. The van der Waals surface area contributed by atoms with Gasteiger partial charge in [-0.2, -0.15) is 0 Å². The van der Waals surface area contributed by atoms with Crippen LogP contribution in [0.5, 0.6) is 28.7 Å². The number of aromatic hydroxyl groups is 1. The van der Waals surface area contributed by atoms with E-state index in [2.05, 4.69) is 0 Å². The standard InChI is InChI=1S/C22H18Cl2O4S.C22H20O4S.C21H18O5S.C18H14O3S2.C16H16O5S.C13H10O4S/c1-3-28-20(25)11-14-10-19(21(26)17-9-6-15(23)12-18(17)24)29-22(14)13-4-7-16(27-2)8-5-13;1-2-26-21(25)14-17-13-20(27-22(17)16-6-4-3-5-7-16)19(24)12-15-8-10-18(23)11-9-15;1-25-16-7-3-13(4-8-16)20(24)18-11-15(12-19(22)23)21(27-18)14-5-9-17(26-2)10-6-14;19-14(9-12-5-2-1-3-6-12)16-10-13(11-17(20)21)18(23-16)15-7-4-8-22-15;1-3-21-14(17)9-11-8-13(16(18)19)22-15(11)10-4-6-12(20-2)7-5-10;14-11(15)7-9-6-10(13(16)17)18-12(9)8-4-2-1-3-5-8/h4-10,12H,3,11H2,1-2H3;3-11,13,23H,2,12,14H2,1H3;3-11H,12H2,1-2H3,(H,22,23);1-8,10H,9,11H2,(H,20,21);4-8H,3,9H2,1-2H3,(H,18,19);1-6H,7H2,(H,14,15)(H,16,17). The van der Waals surface area contributed by atoms with E-state index < -0.39 is 29.8 Å². The Labute approximate surface area is 878 Å². The van der Waals surface area contributed by atoms with E-state index in [0.29, 0.717) is 106 Å². The molecule has 146 heavy (non-hydrogen) atoms. The number of esters is 3. The first kappa shape index (κ1) is 111. The lowest BCUT2D eigenvalue weighted by atomic mass is 10.0. The molecule has 0 saturated heterocycles. The Kier molecular flexibility index (Phi) is 42.0. The van der Waals surface area contributed by atoms with Gasteiger partial charge in [0.15, 0.2) is 11.6 Å². The minimum Gasteiger partial charge on any atom is -0.508 e. The zero-order valence-electron chi connectivity index (χ0n) is 79.5. The topological polar surface area (TPSA) is 391 Å². The normalized spacial score (nSPS) is 10.5. The third-order valence-corrected chi connectivity index (χ3v) is 30.1. The molecular weight excluding hydrogens is 2040 g/mol. The SMILES string of the molecule is CCOC(=O)Cc1cc(C(=O)Cc2ccc(O)cc2)sc1-c1ccccc1.CCOC(=O)Cc1cc(C(=O)O)sc1-c1ccc(OC)cc1.CCOC(=O)Cc1cc(C(=O)c2ccc(Cl)cc2Cl)sc1-c1ccc(OC)cc1.COc1ccc(C(=O)c2cc(CC(=O)O)c(-c3ccc(OC)cc3)s2)cc1.O=C(O)Cc1cc(C(=O)Cc2ccccc2)sc1-c1cccs1.O=C(O)Cc1cc(C(=O)O)sc1-c1ccccc1. The second-order valence-corrected chi connectivity index (χ2v) is 39.4. The first-order valence-electron chi connectivity index (χ1n) is 44.8. The van der Waals surface area contributed by atoms with Crippen LogP contribution in [0.25, 0.3) is 62.0 Å². The van der Waals surface area contributed by atoms with E-state index in [4.69, 9.17) is 76.8 Å². The fraction of sp³-hybridized carbons (Fsp3) is 0.161. The van der Waals surface area contributed by atoms with E-state index in [1.54, 1.807) is 158 Å². The van der Waals surface area contributed by atoms with Crippen molar-refractivity contribution >= 4 is 173 Å². The van der Waals surface area contributed by atoms with Gasteiger partial charge in [0.25, 0.3) is 0 Å². The quantitative estimate of drug-likeness (QED) is 0.0120. The summed E-state index contributed by atoms with van der Waals surface area (Å²) in [5.41, 5.74) is 11.1. The third kappa shape index (κ3) is 32.2. The van der Waals surface area contributed by atoms with Crippen LogP contribution in [0.3, 0.4) is 0 Å². The molecule has 0 atom stereocenters. The molecule has 34 heteroatoms. The average Bonchev–Trinajstić information content (AvgIpc) is 1.31. The summed E-state index contributed by atoms with van der Waals surface area (Å²) >= 11 is 21.3. The molecule has 7 aromatic heterocycles. The molecule has 750 valence electrons. The number of methoxy groups -OCH3 is 4. The molecule has 0 amide bonds. The van der Waals surface area contributed by atoms with Crippen molar-refractivity contribution in [1.82, 2.24) is 0 Å². The maximum absolute atomic E-state index is 13.0. The third-order valence-electron chi connectivity index (χ3n) is 21.1. The Balaban J connectivity index is 0.000000168. The number of ketones is 4. The number of thiophene rings is 7. The summed E-state index contributed by atoms with van der Waals surface area (Å²) in [5.74, 6) is -3.21. The number of hydrogen-bond donors (Lipinski definition) is 6. The van der Waals surface area contributed by atoms with Gasteiger partial charge in [-0.1, -0.05) is 132 Å². The van der Waals surface area contributed by atoms with Crippen LogP contribution in [0.15, 0.2) is 284 Å². The number of benzene rings is 9. The second-order valence-electron chi connectivity index (χ2n) is 31.3. The molecule has 0 radical (unpaired) electrons. The highest BCUT2D eigenvalue weighted by atomic mass is 35.5. The second kappa shape index (κ2) is 55.1. The minimum absolute atomic E-state index is 0.0158. The first-order valence-corrected chi connectivity index (χ1v) is 51.3. The summed E-state index contributed by atoms with van der Waals surface area (Å²) in [7, 11) is 6.32. The van der Waals surface area contributed by atoms with Gasteiger partial charge in [-0.05, 0) is 268 Å². The van der Waals surface area contributed by atoms with Crippen LogP contribution in [0, 0.1) is 0 Å². The van der Waals surface area contributed by atoms with E-state index in [1.165, 1.54) is 63.5 Å². The number of aromatic carboxylic acids is 2. The summed E-state index contributed by atoms with van der Waals surface area (Å²) < 4.78 is 35.7. The predicted molar refractivity (Wildman–Crippen MR) is 572 cm³/mol. The summed E-state index contributed by atoms with van der Waals surface area (Å²) in [4.78, 5) is 151. The number of carbonyl (C=O) groups excluding carboxylic acids is 7. The Hall–Kier alpha value is -15.1. The van der Waals surface area contributed by atoms with Crippen molar-refractivity contribution in [2.24, 2.45) is 0 Å². The average molecular weight is 2140 g/mol. The molecule has 0 spiro atoms. The molecule has 25 nitrogen and oxygen atoms in total. The summed E-state index contributed by atoms with van der Waals surface area (Å²) in [5, 5.41) is 57.4. The number of carbonyl (C=O) groups is 12.